The maximum atomic E-state index is 11.8. The van der Waals surface area contributed by atoms with Crippen molar-refractivity contribution in [3.63, 3.8) is 0 Å². The number of carboxylic acid groups (broad SMARTS) is 1. The Labute approximate surface area is 114 Å². The third kappa shape index (κ3) is 5.85. The summed E-state index contributed by atoms with van der Waals surface area (Å²) in [6.45, 7) is 4.93. The van der Waals surface area contributed by atoms with Gasteiger partial charge in [-0.1, -0.05) is 36.4 Å². The lowest BCUT2D eigenvalue weighted by atomic mass is 10.0. The van der Waals surface area contributed by atoms with Crippen molar-refractivity contribution >= 4 is 40.4 Å². The van der Waals surface area contributed by atoms with Crippen LogP contribution in [0.2, 0.25) is 0 Å². The minimum absolute atomic E-state index is 0.108. The van der Waals surface area contributed by atoms with E-state index in [9.17, 15) is 14.4 Å². The fourth-order valence-corrected chi connectivity index (χ4v) is 1.33. The second kappa shape index (κ2) is 7.46. The van der Waals surface area contributed by atoms with Crippen molar-refractivity contribution in [1.82, 2.24) is 10.6 Å². The van der Waals surface area contributed by atoms with Crippen molar-refractivity contribution in [1.29, 1.82) is 0 Å². The van der Waals surface area contributed by atoms with Gasteiger partial charge in [0.1, 0.15) is 12.1 Å². The van der Waals surface area contributed by atoms with Crippen LogP contribution in [0, 0.1) is 5.92 Å². The molecule has 0 bridgehead atoms. The fraction of sp³-hybridized carbons (Fsp3) is 0.700. The van der Waals surface area contributed by atoms with E-state index in [1.165, 1.54) is 6.92 Å². The predicted molar refractivity (Wildman–Crippen MR) is 70.9 cm³/mol. The molecule has 0 rings (SSSR count). The van der Waals surface area contributed by atoms with E-state index in [1.54, 1.807) is 13.8 Å². The second-order valence-corrected chi connectivity index (χ2v) is 4.75. The Morgan fingerprint density at radius 1 is 1.18 bits per heavy atom. The minimum atomic E-state index is -1.11. The molecule has 7 heteroatoms. The van der Waals surface area contributed by atoms with Crippen LogP contribution in [0.4, 0.5) is 0 Å². The highest BCUT2D eigenvalue weighted by molar-refractivity contribution is 14.1. The monoisotopic (exact) mass is 356 g/mol. The molecular weight excluding hydrogens is 339 g/mol. The second-order valence-electron chi connectivity index (χ2n) is 3.99. The van der Waals surface area contributed by atoms with Gasteiger partial charge in [0.25, 0.3) is 0 Å². The van der Waals surface area contributed by atoms with Gasteiger partial charge in [0, 0.05) is 0 Å². The van der Waals surface area contributed by atoms with E-state index < -0.39 is 24.0 Å². The summed E-state index contributed by atoms with van der Waals surface area (Å²) in [5.74, 6) is -1.94. The average Bonchev–Trinajstić information content (AvgIpc) is 2.24. The normalized spacial score (nSPS) is 13.9. The van der Waals surface area contributed by atoms with Gasteiger partial charge in [0.2, 0.25) is 11.8 Å². The standard InChI is InChI=1S/C10H17IN2O4/c1-5(2)8(13-7(14)4-11)9(15)12-6(3)10(16)17/h5-6,8H,4H2,1-3H3,(H,12,15)(H,13,14)(H,16,17). The number of carboxylic acids is 1. The number of halogens is 1. The lowest BCUT2D eigenvalue weighted by Crippen LogP contribution is -2.53. The molecular formula is C10H17IN2O4. The van der Waals surface area contributed by atoms with Crippen molar-refractivity contribution in [3.8, 4) is 0 Å². The average molecular weight is 356 g/mol. The zero-order valence-corrected chi connectivity index (χ0v) is 12.1. The first-order chi connectivity index (χ1) is 7.79. The Hall–Kier alpha value is -0.860. The predicted octanol–water partition coefficient (Wildman–Crippen LogP) is 0.152. The van der Waals surface area contributed by atoms with Gasteiger partial charge in [-0.15, -0.1) is 0 Å². The Balaban J connectivity index is 4.55. The highest BCUT2D eigenvalue weighted by Crippen LogP contribution is 2.03. The number of rotatable bonds is 6. The topological polar surface area (TPSA) is 95.5 Å². The summed E-state index contributed by atoms with van der Waals surface area (Å²) < 4.78 is 0.253. The highest BCUT2D eigenvalue weighted by atomic mass is 127. The Bertz CT molecular complexity index is 307. The molecule has 0 saturated heterocycles. The van der Waals surface area contributed by atoms with E-state index in [1.807, 2.05) is 22.6 Å². The molecule has 6 nitrogen and oxygen atoms in total. The van der Waals surface area contributed by atoms with Gasteiger partial charge in [-0.05, 0) is 12.8 Å². The van der Waals surface area contributed by atoms with Crippen molar-refractivity contribution < 1.29 is 19.5 Å². The number of amides is 2. The van der Waals surface area contributed by atoms with E-state index in [2.05, 4.69) is 10.6 Å². The van der Waals surface area contributed by atoms with Crippen molar-refractivity contribution in [2.24, 2.45) is 5.92 Å². The molecule has 0 saturated carbocycles. The number of hydrogen-bond donors (Lipinski definition) is 3. The molecule has 0 fully saturated rings. The SMILES string of the molecule is CC(NC(=O)C(NC(=O)CI)C(C)C)C(=O)O. The molecule has 0 aromatic carbocycles. The van der Waals surface area contributed by atoms with E-state index in [0.717, 1.165) is 0 Å². The van der Waals surface area contributed by atoms with Crippen molar-refractivity contribution in [2.45, 2.75) is 32.9 Å². The van der Waals surface area contributed by atoms with Crippen LogP contribution in [0.5, 0.6) is 0 Å². The number of carbonyl (C=O) groups is 3. The molecule has 17 heavy (non-hydrogen) atoms. The van der Waals surface area contributed by atoms with E-state index in [4.69, 9.17) is 5.11 Å². The van der Waals surface area contributed by atoms with Gasteiger partial charge >= 0.3 is 5.97 Å². The molecule has 0 aliphatic rings. The molecule has 2 atom stereocenters. The summed E-state index contributed by atoms with van der Waals surface area (Å²) in [5, 5.41) is 13.6. The smallest absolute Gasteiger partial charge is 0.325 e. The first-order valence-corrected chi connectivity index (χ1v) is 6.70. The molecule has 2 amide bonds. The van der Waals surface area contributed by atoms with Crippen molar-refractivity contribution in [3.05, 3.63) is 0 Å². The number of aliphatic carboxylic acids is 1. The van der Waals surface area contributed by atoms with Crippen LogP contribution in [-0.2, 0) is 14.4 Å². The number of nitrogens with one attached hydrogen (secondary N) is 2. The fourth-order valence-electron chi connectivity index (χ4n) is 1.11. The third-order valence-corrected chi connectivity index (χ3v) is 2.81. The van der Waals surface area contributed by atoms with Crippen LogP contribution in [0.1, 0.15) is 20.8 Å². The lowest BCUT2D eigenvalue weighted by Gasteiger charge is -2.22. The highest BCUT2D eigenvalue weighted by Gasteiger charge is 2.26. The van der Waals surface area contributed by atoms with Crippen LogP contribution in [0.25, 0.3) is 0 Å². The number of hydrogen-bond acceptors (Lipinski definition) is 3. The van der Waals surface area contributed by atoms with Gasteiger partial charge < -0.3 is 15.7 Å². The zero-order valence-electron chi connectivity index (χ0n) is 9.99. The zero-order chi connectivity index (χ0) is 13.6. The molecule has 0 heterocycles. The number of carbonyl (C=O) groups excluding carboxylic acids is 2. The van der Waals surface area contributed by atoms with Crippen LogP contribution in [-0.4, -0.2) is 39.4 Å². The van der Waals surface area contributed by atoms with E-state index in [0.29, 0.717) is 0 Å². The lowest BCUT2D eigenvalue weighted by molar-refractivity contribution is -0.141. The molecule has 2 unspecified atom stereocenters. The van der Waals surface area contributed by atoms with Crippen LogP contribution < -0.4 is 10.6 Å². The summed E-state index contributed by atoms with van der Waals surface area (Å²) in [4.78, 5) is 33.6. The van der Waals surface area contributed by atoms with Crippen LogP contribution in [0.3, 0.4) is 0 Å². The Kier molecular flexibility index (Phi) is 7.09. The maximum absolute atomic E-state index is 11.8. The molecule has 0 radical (unpaired) electrons. The van der Waals surface area contributed by atoms with E-state index >= 15 is 0 Å². The van der Waals surface area contributed by atoms with Crippen LogP contribution >= 0.6 is 22.6 Å². The van der Waals surface area contributed by atoms with Gasteiger partial charge in [-0.25, -0.2) is 0 Å². The first kappa shape index (κ1) is 16.1. The Morgan fingerprint density at radius 2 is 1.71 bits per heavy atom. The summed E-state index contributed by atoms with van der Waals surface area (Å²) >= 11 is 1.89. The van der Waals surface area contributed by atoms with E-state index in [-0.39, 0.29) is 16.3 Å². The van der Waals surface area contributed by atoms with Gasteiger partial charge in [-0.3, -0.25) is 14.4 Å². The minimum Gasteiger partial charge on any atom is -0.480 e. The Morgan fingerprint density at radius 3 is 2.06 bits per heavy atom. The van der Waals surface area contributed by atoms with Crippen molar-refractivity contribution in [2.75, 3.05) is 4.43 Å². The summed E-state index contributed by atoms with van der Waals surface area (Å²) in [5.41, 5.74) is 0. The molecule has 0 aromatic heterocycles. The molecule has 0 aromatic rings. The molecule has 98 valence electrons. The summed E-state index contributed by atoms with van der Waals surface area (Å²) in [6.07, 6.45) is 0. The summed E-state index contributed by atoms with van der Waals surface area (Å²) in [7, 11) is 0. The summed E-state index contributed by atoms with van der Waals surface area (Å²) in [6, 6.07) is -1.68. The molecule has 0 aliphatic heterocycles. The number of alkyl halides is 1. The van der Waals surface area contributed by atoms with Crippen LogP contribution in [0.15, 0.2) is 0 Å². The third-order valence-electron chi connectivity index (χ3n) is 2.12. The van der Waals surface area contributed by atoms with Gasteiger partial charge in [0.05, 0.1) is 4.43 Å². The van der Waals surface area contributed by atoms with Gasteiger partial charge in [-0.2, -0.15) is 0 Å². The largest absolute Gasteiger partial charge is 0.480 e. The van der Waals surface area contributed by atoms with Gasteiger partial charge in [0.15, 0.2) is 0 Å². The first-order valence-electron chi connectivity index (χ1n) is 5.18. The molecule has 3 N–H and O–H groups in total. The quantitative estimate of drug-likeness (QED) is 0.467. The molecule has 0 aliphatic carbocycles. The molecule has 0 spiro atoms. The maximum Gasteiger partial charge on any atom is 0.325 e.